The molecule has 0 saturated heterocycles. The molecule has 1 saturated carbocycles. The van der Waals surface area contributed by atoms with Crippen molar-refractivity contribution in [2.75, 3.05) is 13.2 Å². The van der Waals surface area contributed by atoms with Crippen LogP contribution in [0.5, 0.6) is 11.5 Å². The van der Waals surface area contributed by atoms with Crippen LogP contribution < -0.4 is 26.0 Å². The van der Waals surface area contributed by atoms with E-state index >= 15 is 0 Å². The van der Waals surface area contributed by atoms with E-state index in [0.29, 0.717) is 67.0 Å². The Hall–Kier alpha value is -2.77. The normalized spacial score (nSPS) is 18.3. The van der Waals surface area contributed by atoms with Crippen LogP contribution in [0.1, 0.15) is 72.1 Å². The molecule has 2 aromatic rings. The number of carbonyl (C=O) groups excluding carboxylic acids is 1. The lowest BCUT2D eigenvalue weighted by molar-refractivity contribution is -0.122. The van der Waals surface area contributed by atoms with Gasteiger partial charge in [-0.25, -0.2) is 4.79 Å². The summed E-state index contributed by atoms with van der Waals surface area (Å²) >= 11 is 0. The van der Waals surface area contributed by atoms with Crippen LogP contribution in [0.3, 0.4) is 0 Å². The van der Waals surface area contributed by atoms with E-state index in [0.717, 1.165) is 19.3 Å². The number of ether oxygens (including phenoxy) is 2. The van der Waals surface area contributed by atoms with Gasteiger partial charge in [0.05, 0.1) is 24.1 Å². The van der Waals surface area contributed by atoms with Crippen molar-refractivity contribution >= 4 is 16.8 Å². The van der Waals surface area contributed by atoms with Crippen LogP contribution in [0.15, 0.2) is 21.7 Å². The van der Waals surface area contributed by atoms with Crippen LogP contribution >= 0.6 is 0 Å². The van der Waals surface area contributed by atoms with Crippen LogP contribution in [0.4, 0.5) is 0 Å². The molecule has 1 aliphatic rings. The Bertz CT molecular complexity index is 1060. The Kier molecular flexibility index (Phi) is 8.97. The molecule has 1 aliphatic carbocycles. The van der Waals surface area contributed by atoms with Crippen molar-refractivity contribution in [3.63, 3.8) is 0 Å². The molecule has 0 unspecified atom stereocenters. The van der Waals surface area contributed by atoms with Gasteiger partial charge in [-0.2, -0.15) is 0 Å². The lowest BCUT2D eigenvalue weighted by Gasteiger charge is -2.29. The van der Waals surface area contributed by atoms with Crippen molar-refractivity contribution in [2.45, 2.75) is 84.7 Å². The number of hydrogen-bond acceptors (Lipinski definition) is 5. The standard InChI is InChI=1S/C25H37N3O5/c1-4-32-21-15-18-20(16-22(21)33-5-2)27-25(31)28(24(18)30)14-10-6-7-13-23(29)26-19-12-9-8-11-17(19)3/h15-17,19H,4-14H2,1-3H3,(H,26,29)(H,27,31)/t17-,19+/m1/s1. The van der Waals surface area contributed by atoms with Crippen LogP contribution in [0.25, 0.3) is 10.9 Å². The average Bonchev–Trinajstić information content (AvgIpc) is 2.78. The van der Waals surface area contributed by atoms with E-state index in [4.69, 9.17) is 9.47 Å². The summed E-state index contributed by atoms with van der Waals surface area (Å²) in [5.41, 5.74) is -0.355. The molecule has 0 radical (unpaired) electrons. The molecule has 1 amide bonds. The molecule has 1 heterocycles. The molecule has 1 aromatic carbocycles. The highest BCUT2D eigenvalue weighted by atomic mass is 16.5. The van der Waals surface area contributed by atoms with E-state index < -0.39 is 5.69 Å². The maximum absolute atomic E-state index is 13.0. The second-order valence-corrected chi connectivity index (χ2v) is 8.84. The Morgan fingerprint density at radius 2 is 1.76 bits per heavy atom. The van der Waals surface area contributed by atoms with Gasteiger partial charge in [0.1, 0.15) is 0 Å². The SMILES string of the molecule is CCOc1cc2[nH]c(=O)n(CCCCCC(=O)N[C@H]3CCCC[C@H]3C)c(=O)c2cc1OCC. The number of H-pyrrole nitrogens is 1. The number of benzene rings is 1. The molecule has 182 valence electrons. The number of unbranched alkanes of at least 4 members (excludes halogenated alkanes) is 2. The van der Waals surface area contributed by atoms with Gasteiger partial charge in [0.2, 0.25) is 5.91 Å². The minimum atomic E-state index is -0.442. The number of fused-ring (bicyclic) bond motifs is 1. The summed E-state index contributed by atoms with van der Waals surface area (Å²) in [4.78, 5) is 40.6. The van der Waals surface area contributed by atoms with Crippen LogP contribution in [-0.4, -0.2) is 34.7 Å². The summed E-state index contributed by atoms with van der Waals surface area (Å²) in [5.74, 6) is 1.63. The summed E-state index contributed by atoms with van der Waals surface area (Å²) in [6.07, 6.45) is 7.31. The van der Waals surface area contributed by atoms with Crippen LogP contribution in [-0.2, 0) is 11.3 Å². The molecule has 0 aliphatic heterocycles. The Balaban J connectivity index is 1.58. The monoisotopic (exact) mass is 459 g/mol. The van der Waals surface area contributed by atoms with Crippen molar-refractivity contribution in [1.29, 1.82) is 0 Å². The summed E-state index contributed by atoms with van der Waals surface area (Å²) in [6.45, 7) is 7.13. The third-order valence-corrected chi connectivity index (χ3v) is 6.39. The highest BCUT2D eigenvalue weighted by Crippen LogP contribution is 2.30. The minimum Gasteiger partial charge on any atom is -0.490 e. The van der Waals surface area contributed by atoms with Crippen molar-refractivity contribution in [1.82, 2.24) is 14.9 Å². The topological polar surface area (TPSA) is 102 Å². The number of nitrogens with zero attached hydrogens (tertiary/aromatic N) is 1. The molecule has 0 spiro atoms. The average molecular weight is 460 g/mol. The number of aromatic nitrogens is 2. The lowest BCUT2D eigenvalue weighted by atomic mass is 9.86. The first-order valence-corrected chi connectivity index (χ1v) is 12.3. The molecule has 1 fully saturated rings. The largest absolute Gasteiger partial charge is 0.490 e. The van der Waals surface area contributed by atoms with Gasteiger partial charge >= 0.3 is 5.69 Å². The van der Waals surface area contributed by atoms with Gasteiger partial charge in [0, 0.05) is 25.1 Å². The van der Waals surface area contributed by atoms with Gasteiger partial charge in [-0.05, 0) is 51.5 Å². The zero-order chi connectivity index (χ0) is 23.8. The number of carbonyl (C=O) groups is 1. The molecule has 2 N–H and O–H groups in total. The van der Waals surface area contributed by atoms with Crippen molar-refractivity contribution in [3.05, 3.63) is 33.0 Å². The fourth-order valence-corrected chi connectivity index (χ4v) is 4.54. The van der Waals surface area contributed by atoms with E-state index in [1.165, 1.54) is 23.8 Å². The molecular weight excluding hydrogens is 422 g/mol. The molecule has 8 nitrogen and oxygen atoms in total. The number of hydrogen-bond donors (Lipinski definition) is 2. The third kappa shape index (κ3) is 6.39. The molecule has 3 rings (SSSR count). The first kappa shape index (κ1) is 24.9. The summed E-state index contributed by atoms with van der Waals surface area (Å²) in [7, 11) is 0. The maximum atomic E-state index is 13.0. The zero-order valence-electron chi connectivity index (χ0n) is 20.1. The van der Waals surface area contributed by atoms with Crippen molar-refractivity contribution in [3.8, 4) is 11.5 Å². The highest BCUT2D eigenvalue weighted by Gasteiger charge is 2.22. The quantitative estimate of drug-likeness (QED) is 0.498. The summed E-state index contributed by atoms with van der Waals surface area (Å²) < 4.78 is 12.4. The summed E-state index contributed by atoms with van der Waals surface area (Å²) in [5, 5.41) is 3.56. The molecule has 8 heteroatoms. The lowest BCUT2D eigenvalue weighted by Crippen LogP contribution is -2.40. The van der Waals surface area contributed by atoms with Gasteiger partial charge < -0.3 is 19.8 Å². The minimum absolute atomic E-state index is 0.100. The third-order valence-electron chi connectivity index (χ3n) is 6.39. The van der Waals surface area contributed by atoms with E-state index in [1.807, 2.05) is 13.8 Å². The smallest absolute Gasteiger partial charge is 0.328 e. The molecule has 2 atom stereocenters. The second-order valence-electron chi connectivity index (χ2n) is 8.84. The van der Waals surface area contributed by atoms with Gasteiger partial charge in [-0.1, -0.05) is 26.2 Å². The predicted octanol–water partition coefficient (Wildman–Crippen LogP) is 3.74. The first-order chi connectivity index (χ1) is 15.9. The molecule has 0 bridgehead atoms. The number of rotatable bonds is 11. The van der Waals surface area contributed by atoms with E-state index in [-0.39, 0.29) is 11.5 Å². The zero-order valence-corrected chi connectivity index (χ0v) is 20.1. The van der Waals surface area contributed by atoms with E-state index in [1.54, 1.807) is 12.1 Å². The van der Waals surface area contributed by atoms with Gasteiger partial charge in [-0.15, -0.1) is 0 Å². The number of nitrogens with one attached hydrogen (secondary N) is 2. The van der Waals surface area contributed by atoms with Crippen molar-refractivity contribution in [2.24, 2.45) is 5.92 Å². The van der Waals surface area contributed by atoms with Gasteiger partial charge in [-0.3, -0.25) is 14.2 Å². The number of aromatic amines is 1. The Morgan fingerprint density at radius 3 is 2.45 bits per heavy atom. The molecular formula is C25H37N3O5. The first-order valence-electron chi connectivity index (χ1n) is 12.3. The predicted molar refractivity (Wildman–Crippen MR) is 129 cm³/mol. The Morgan fingerprint density at radius 1 is 1.06 bits per heavy atom. The van der Waals surface area contributed by atoms with Gasteiger partial charge in [0.25, 0.3) is 5.56 Å². The fourth-order valence-electron chi connectivity index (χ4n) is 4.54. The van der Waals surface area contributed by atoms with Crippen LogP contribution in [0.2, 0.25) is 0 Å². The number of amides is 1. The van der Waals surface area contributed by atoms with E-state index in [9.17, 15) is 14.4 Å². The van der Waals surface area contributed by atoms with E-state index in [2.05, 4.69) is 17.2 Å². The highest BCUT2D eigenvalue weighted by molar-refractivity contribution is 5.81. The van der Waals surface area contributed by atoms with Crippen molar-refractivity contribution < 1.29 is 14.3 Å². The molecule has 33 heavy (non-hydrogen) atoms. The van der Waals surface area contributed by atoms with Gasteiger partial charge in [0.15, 0.2) is 11.5 Å². The summed E-state index contributed by atoms with van der Waals surface area (Å²) in [6, 6.07) is 3.57. The van der Waals surface area contributed by atoms with Crippen LogP contribution in [0, 0.1) is 5.92 Å². The second kappa shape index (κ2) is 11.9. The maximum Gasteiger partial charge on any atom is 0.328 e. The molecule has 1 aromatic heterocycles. The fraction of sp³-hybridized carbons (Fsp3) is 0.640. The Labute approximate surface area is 194 Å².